The first-order chi connectivity index (χ1) is 20.8. The van der Waals surface area contributed by atoms with Crippen LogP contribution in [-0.4, -0.2) is 25.5 Å². The number of aryl methyl sites for hydroxylation is 2. The van der Waals surface area contributed by atoms with Gasteiger partial charge in [-0.1, -0.05) is 97.1 Å². The molecule has 0 aliphatic rings. The first-order valence-corrected chi connectivity index (χ1v) is 14.0. The minimum absolute atomic E-state index is 0.0996. The second kappa shape index (κ2) is 9.71. The summed E-state index contributed by atoms with van der Waals surface area (Å²) in [5.74, 6) is -2.61. The van der Waals surface area contributed by atoms with Gasteiger partial charge in [-0.15, -0.1) is 0 Å². The van der Waals surface area contributed by atoms with E-state index in [0.29, 0.717) is 33.2 Å². The lowest BCUT2D eigenvalue weighted by atomic mass is 9.79. The standard InChI is InChI=1S/C38H28O5/c1-20-27(26-18-17-22-11-9-10-16-25(22)19-26)34(39)21(2)29-28(20)30(23-12-5-3-6-13-23)32-33(31(29)24-14-7-4-8-15-24)36(41)38(43)37(42)35(32)40/h3-19,39-43H,1-2H3. The molecule has 5 N–H and O–H groups in total. The van der Waals surface area contributed by atoms with Crippen molar-refractivity contribution < 1.29 is 25.5 Å². The Balaban J connectivity index is 1.79. The summed E-state index contributed by atoms with van der Waals surface area (Å²) >= 11 is 0. The van der Waals surface area contributed by atoms with Gasteiger partial charge in [-0.05, 0) is 69.3 Å². The van der Waals surface area contributed by atoms with Gasteiger partial charge in [-0.3, -0.25) is 0 Å². The Morgan fingerprint density at radius 3 is 1.35 bits per heavy atom. The molecule has 43 heavy (non-hydrogen) atoms. The minimum Gasteiger partial charge on any atom is -0.507 e. The average Bonchev–Trinajstić information content (AvgIpc) is 3.04. The van der Waals surface area contributed by atoms with E-state index in [1.165, 1.54) is 0 Å². The number of fused-ring (bicyclic) bond motifs is 3. The monoisotopic (exact) mass is 564 g/mol. The molecule has 7 aromatic carbocycles. The van der Waals surface area contributed by atoms with Gasteiger partial charge < -0.3 is 25.5 Å². The first-order valence-electron chi connectivity index (χ1n) is 14.0. The second-order valence-corrected chi connectivity index (χ2v) is 10.9. The Morgan fingerprint density at radius 1 is 0.349 bits per heavy atom. The number of hydrogen-bond acceptors (Lipinski definition) is 5. The molecule has 0 bridgehead atoms. The van der Waals surface area contributed by atoms with Gasteiger partial charge in [0.05, 0.1) is 0 Å². The van der Waals surface area contributed by atoms with Crippen LogP contribution in [0.5, 0.6) is 28.7 Å². The van der Waals surface area contributed by atoms with E-state index >= 15 is 0 Å². The molecule has 0 saturated heterocycles. The van der Waals surface area contributed by atoms with Gasteiger partial charge >= 0.3 is 0 Å². The summed E-state index contributed by atoms with van der Waals surface area (Å²) in [5.41, 5.74) is 5.35. The topological polar surface area (TPSA) is 101 Å². The zero-order valence-electron chi connectivity index (χ0n) is 23.6. The fourth-order valence-electron chi connectivity index (χ4n) is 6.53. The van der Waals surface area contributed by atoms with Gasteiger partial charge in [0.15, 0.2) is 11.5 Å². The predicted molar refractivity (Wildman–Crippen MR) is 173 cm³/mol. The highest BCUT2D eigenvalue weighted by Crippen LogP contribution is 2.58. The van der Waals surface area contributed by atoms with Crippen molar-refractivity contribution in [2.75, 3.05) is 0 Å². The largest absolute Gasteiger partial charge is 0.507 e. The third kappa shape index (κ3) is 3.78. The first kappa shape index (κ1) is 26.2. The van der Waals surface area contributed by atoms with Crippen molar-refractivity contribution in [3.63, 3.8) is 0 Å². The van der Waals surface area contributed by atoms with Crippen LogP contribution >= 0.6 is 0 Å². The SMILES string of the molecule is Cc1c(O)c(-c2ccc3ccccc3c2)c(C)c2c(-c3ccccc3)c3c(O)c(O)c(O)c(O)c3c(-c3ccccc3)c12. The van der Waals surface area contributed by atoms with Crippen LogP contribution in [-0.2, 0) is 0 Å². The number of benzene rings is 7. The Labute approximate surface area is 247 Å². The summed E-state index contributed by atoms with van der Waals surface area (Å²) in [7, 11) is 0. The Hall–Kier alpha value is -5.68. The van der Waals surface area contributed by atoms with Crippen molar-refractivity contribution in [1.29, 1.82) is 0 Å². The number of phenolic OH excluding ortho intramolecular Hbond substituents is 5. The lowest BCUT2D eigenvalue weighted by molar-refractivity contribution is 0.351. The van der Waals surface area contributed by atoms with Gasteiger partial charge in [-0.2, -0.15) is 0 Å². The molecule has 7 rings (SSSR count). The van der Waals surface area contributed by atoms with Gasteiger partial charge in [0.25, 0.3) is 0 Å². The zero-order valence-corrected chi connectivity index (χ0v) is 23.6. The number of rotatable bonds is 3. The summed E-state index contributed by atoms with van der Waals surface area (Å²) in [6.45, 7) is 3.78. The van der Waals surface area contributed by atoms with Crippen molar-refractivity contribution >= 4 is 32.3 Å². The molecule has 210 valence electrons. The van der Waals surface area contributed by atoms with E-state index in [-0.39, 0.29) is 16.5 Å². The van der Waals surface area contributed by atoms with Crippen LogP contribution in [0.3, 0.4) is 0 Å². The van der Waals surface area contributed by atoms with Crippen molar-refractivity contribution in [2.45, 2.75) is 13.8 Å². The summed E-state index contributed by atoms with van der Waals surface area (Å²) in [6, 6.07) is 32.9. The van der Waals surface area contributed by atoms with E-state index in [9.17, 15) is 25.5 Å². The van der Waals surface area contributed by atoms with Crippen molar-refractivity contribution in [1.82, 2.24) is 0 Å². The second-order valence-electron chi connectivity index (χ2n) is 10.9. The molecular weight excluding hydrogens is 536 g/mol. The van der Waals surface area contributed by atoms with E-state index in [4.69, 9.17) is 0 Å². The zero-order chi connectivity index (χ0) is 30.0. The molecule has 0 saturated carbocycles. The molecule has 0 unspecified atom stereocenters. The molecule has 0 radical (unpaired) electrons. The van der Waals surface area contributed by atoms with Crippen molar-refractivity contribution in [3.8, 4) is 62.1 Å². The summed E-state index contributed by atoms with van der Waals surface area (Å²) in [6.07, 6.45) is 0. The maximum atomic E-state index is 11.9. The number of hydrogen-bond donors (Lipinski definition) is 5. The van der Waals surface area contributed by atoms with Crippen LogP contribution in [0.25, 0.3) is 65.7 Å². The molecular formula is C38H28O5. The summed E-state index contributed by atoms with van der Waals surface area (Å²) in [4.78, 5) is 0. The van der Waals surface area contributed by atoms with E-state index in [2.05, 4.69) is 6.07 Å². The van der Waals surface area contributed by atoms with E-state index in [1.807, 2.05) is 111 Å². The molecule has 0 amide bonds. The predicted octanol–water partition coefficient (Wildman–Crippen LogP) is 9.29. The Bertz CT molecular complexity index is 2240. The molecule has 0 aliphatic heterocycles. The lowest BCUT2D eigenvalue weighted by Gasteiger charge is -2.25. The maximum absolute atomic E-state index is 11.9. The van der Waals surface area contributed by atoms with E-state index < -0.39 is 23.0 Å². The third-order valence-corrected chi connectivity index (χ3v) is 8.53. The van der Waals surface area contributed by atoms with Crippen LogP contribution < -0.4 is 0 Å². The van der Waals surface area contributed by atoms with Crippen LogP contribution in [0.15, 0.2) is 103 Å². The molecule has 0 fully saturated rings. The quantitative estimate of drug-likeness (QED) is 0.0836. The van der Waals surface area contributed by atoms with Crippen LogP contribution in [0.2, 0.25) is 0 Å². The highest BCUT2D eigenvalue weighted by atomic mass is 16.3. The molecule has 0 aromatic heterocycles. The fraction of sp³-hybridized carbons (Fsp3) is 0.0526. The Morgan fingerprint density at radius 2 is 0.814 bits per heavy atom. The normalized spacial score (nSPS) is 11.5. The minimum atomic E-state index is -0.813. The van der Waals surface area contributed by atoms with Crippen LogP contribution in [0.1, 0.15) is 11.1 Å². The molecule has 5 nitrogen and oxygen atoms in total. The van der Waals surface area contributed by atoms with Crippen molar-refractivity contribution in [2.24, 2.45) is 0 Å². The fourth-order valence-corrected chi connectivity index (χ4v) is 6.53. The molecule has 0 atom stereocenters. The van der Waals surface area contributed by atoms with Gasteiger partial charge in [0.2, 0.25) is 11.5 Å². The lowest BCUT2D eigenvalue weighted by Crippen LogP contribution is -1.99. The average molecular weight is 565 g/mol. The third-order valence-electron chi connectivity index (χ3n) is 8.53. The van der Waals surface area contributed by atoms with Gasteiger partial charge in [-0.25, -0.2) is 0 Å². The highest BCUT2D eigenvalue weighted by Gasteiger charge is 2.30. The smallest absolute Gasteiger partial charge is 0.204 e. The van der Waals surface area contributed by atoms with Crippen LogP contribution in [0.4, 0.5) is 0 Å². The number of phenols is 5. The molecule has 7 aromatic rings. The van der Waals surface area contributed by atoms with Gasteiger partial charge in [0, 0.05) is 27.5 Å². The van der Waals surface area contributed by atoms with Gasteiger partial charge in [0.1, 0.15) is 5.75 Å². The summed E-state index contributed by atoms with van der Waals surface area (Å²) in [5, 5.41) is 60.3. The van der Waals surface area contributed by atoms with Crippen molar-refractivity contribution in [3.05, 3.63) is 114 Å². The van der Waals surface area contributed by atoms with Crippen LogP contribution in [0, 0.1) is 13.8 Å². The molecule has 5 heteroatoms. The molecule has 0 spiro atoms. The van der Waals surface area contributed by atoms with E-state index in [1.54, 1.807) is 0 Å². The highest BCUT2D eigenvalue weighted by molar-refractivity contribution is 6.28. The van der Waals surface area contributed by atoms with E-state index in [0.717, 1.165) is 32.8 Å². The Kier molecular flexibility index (Phi) is 5.92. The number of aromatic hydroxyl groups is 5. The maximum Gasteiger partial charge on any atom is 0.204 e. The molecule has 0 heterocycles. The summed E-state index contributed by atoms with van der Waals surface area (Å²) < 4.78 is 0. The molecule has 0 aliphatic carbocycles.